The normalized spacial score (nSPS) is 16.4. The SMILES string of the molecule is CCc1ccc(C2=CC(C)(C)C(=O)N2OCc2ccccc2)cc1. The third kappa shape index (κ3) is 3.26. The van der Waals surface area contributed by atoms with Crippen LogP contribution in [0.5, 0.6) is 0 Å². The number of amides is 1. The lowest BCUT2D eigenvalue weighted by Gasteiger charge is -2.22. The Balaban J connectivity index is 1.84. The molecule has 2 aromatic carbocycles. The summed E-state index contributed by atoms with van der Waals surface area (Å²) >= 11 is 0. The van der Waals surface area contributed by atoms with E-state index in [-0.39, 0.29) is 5.91 Å². The van der Waals surface area contributed by atoms with Crippen molar-refractivity contribution >= 4 is 11.6 Å². The van der Waals surface area contributed by atoms with E-state index < -0.39 is 5.41 Å². The van der Waals surface area contributed by atoms with Crippen molar-refractivity contribution in [1.82, 2.24) is 5.06 Å². The molecule has 1 aliphatic heterocycles. The van der Waals surface area contributed by atoms with Gasteiger partial charge in [0.05, 0.1) is 11.1 Å². The van der Waals surface area contributed by atoms with Crippen molar-refractivity contribution in [1.29, 1.82) is 0 Å². The summed E-state index contributed by atoms with van der Waals surface area (Å²) in [5.41, 5.74) is 3.58. The molecule has 1 aliphatic rings. The highest BCUT2D eigenvalue weighted by Crippen LogP contribution is 2.37. The molecule has 0 spiro atoms. The Hall–Kier alpha value is -2.39. The molecule has 0 atom stereocenters. The summed E-state index contributed by atoms with van der Waals surface area (Å²) in [7, 11) is 0. The van der Waals surface area contributed by atoms with Gasteiger partial charge in [0.15, 0.2) is 0 Å². The predicted molar refractivity (Wildman–Crippen MR) is 95.7 cm³/mol. The minimum Gasteiger partial charge on any atom is -0.271 e. The summed E-state index contributed by atoms with van der Waals surface area (Å²) in [6.45, 7) is 6.34. The van der Waals surface area contributed by atoms with Crippen molar-refractivity contribution in [2.24, 2.45) is 5.41 Å². The van der Waals surface area contributed by atoms with Crippen LogP contribution in [0, 0.1) is 5.41 Å². The number of aryl methyl sites for hydroxylation is 1. The third-order valence-electron chi connectivity index (χ3n) is 4.31. The second-order valence-corrected chi connectivity index (χ2v) is 6.66. The van der Waals surface area contributed by atoms with Gasteiger partial charge in [0, 0.05) is 5.56 Å². The van der Waals surface area contributed by atoms with Gasteiger partial charge in [-0.25, -0.2) is 0 Å². The quantitative estimate of drug-likeness (QED) is 0.806. The number of hydrogen-bond acceptors (Lipinski definition) is 2. The van der Waals surface area contributed by atoms with E-state index in [1.807, 2.05) is 50.3 Å². The summed E-state index contributed by atoms with van der Waals surface area (Å²) in [5.74, 6) is -0.0343. The first kappa shape index (κ1) is 16.5. The van der Waals surface area contributed by atoms with Crippen LogP contribution in [0.25, 0.3) is 5.70 Å². The summed E-state index contributed by atoms with van der Waals surface area (Å²) in [6, 6.07) is 18.2. The molecule has 1 amide bonds. The minimum atomic E-state index is -0.560. The molecule has 0 unspecified atom stereocenters. The topological polar surface area (TPSA) is 29.5 Å². The summed E-state index contributed by atoms with van der Waals surface area (Å²) in [6.07, 6.45) is 2.99. The highest BCUT2D eigenvalue weighted by Gasteiger charge is 2.40. The molecule has 0 aromatic heterocycles. The average molecular weight is 321 g/mol. The van der Waals surface area contributed by atoms with E-state index in [1.165, 1.54) is 10.6 Å². The monoisotopic (exact) mass is 321 g/mol. The fourth-order valence-corrected chi connectivity index (χ4v) is 2.79. The van der Waals surface area contributed by atoms with E-state index in [0.29, 0.717) is 6.61 Å². The molecule has 0 aliphatic carbocycles. The maximum absolute atomic E-state index is 12.7. The Morgan fingerprint density at radius 1 is 0.958 bits per heavy atom. The van der Waals surface area contributed by atoms with Crippen LogP contribution in [0.3, 0.4) is 0 Å². The van der Waals surface area contributed by atoms with E-state index in [4.69, 9.17) is 4.84 Å². The van der Waals surface area contributed by atoms with Crippen LogP contribution >= 0.6 is 0 Å². The van der Waals surface area contributed by atoms with Gasteiger partial charge in [-0.1, -0.05) is 61.5 Å². The van der Waals surface area contributed by atoms with Crippen molar-refractivity contribution < 1.29 is 9.63 Å². The smallest absolute Gasteiger partial charge is 0.260 e. The molecule has 3 heteroatoms. The molecule has 3 nitrogen and oxygen atoms in total. The summed E-state index contributed by atoms with van der Waals surface area (Å²) in [5, 5.41) is 1.45. The van der Waals surface area contributed by atoms with Crippen molar-refractivity contribution in [2.75, 3.05) is 0 Å². The molecule has 0 saturated heterocycles. The lowest BCUT2D eigenvalue weighted by Crippen LogP contribution is -2.32. The molecule has 2 aromatic rings. The third-order valence-corrected chi connectivity index (χ3v) is 4.31. The number of carbonyl (C=O) groups is 1. The van der Waals surface area contributed by atoms with E-state index in [0.717, 1.165) is 23.2 Å². The van der Waals surface area contributed by atoms with Crippen LogP contribution < -0.4 is 0 Å². The van der Waals surface area contributed by atoms with Gasteiger partial charge in [0.25, 0.3) is 5.91 Å². The molecule has 24 heavy (non-hydrogen) atoms. The van der Waals surface area contributed by atoms with Crippen molar-refractivity contribution in [2.45, 2.75) is 33.8 Å². The second kappa shape index (κ2) is 6.62. The first-order chi connectivity index (χ1) is 11.5. The van der Waals surface area contributed by atoms with Crippen LogP contribution in [0.1, 0.15) is 37.5 Å². The van der Waals surface area contributed by atoms with E-state index >= 15 is 0 Å². The highest BCUT2D eigenvalue weighted by molar-refractivity contribution is 5.97. The number of hydroxylamine groups is 2. The molecular formula is C21H23NO2. The maximum atomic E-state index is 12.7. The molecule has 0 fully saturated rings. The molecule has 1 heterocycles. The molecule has 0 N–H and O–H groups in total. The largest absolute Gasteiger partial charge is 0.271 e. The van der Waals surface area contributed by atoms with Crippen LogP contribution in [-0.4, -0.2) is 11.0 Å². The lowest BCUT2D eigenvalue weighted by molar-refractivity contribution is -0.173. The molecule has 0 radical (unpaired) electrons. The fraction of sp³-hybridized carbons (Fsp3) is 0.286. The van der Waals surface area contributed by atoms with Crippen molar-refractivity contribution in [3.63, 3.8) is 0 Å². The second-order valence-electron chi connectivity index (χ2n) is 6.66. The Morgan fingerprint density at radius 3 is 2.25 bits per heavy atom. The predicted octanol–water partition coefficient (Wildman–Crippen LogP) is 4.59. The van der Waals surface area contributed by atoms with E-state index in [2.05, 4.69) is 31.2 Å². The highest BCUT2D eigenvalue weighted by atomic mass is 16.7. The number of nitrogens with zero attached hydrogens (tertiary/aromatic N) is 1. The fourth-order valence-electron chi connectivity index (χ4n) is 2.79. The van der Waals surface area contributed by atoms with Crippen molar-refractivity contribution in [3.8, 4) is 0 Å². The minimum absolute atomic E-state index is 0.0343. The van der Waals surface area contributed by atoms with Crippen LogP contribution in [-0.2, 0) is 22.7 Å². The Labute approximate surface area is 143 Å². The molecule has 0 bridgehead atoms. The van der Waals surface area contributed by atoms with Gasteiger partial charge in [0.2, 0.25) is 0 Å². The Kier molecular flexibility index (Phi) is 4.54. The van der Waals surface area contributed by atoms with Gasteiger partial charge in [0.1, 0.15) is 6.61 Å². The summed E-state index contributed by atoms with van der Waals surface area (Å²) < 4.78 is 0. The lowest BCUT2D eigenvalue weighted by atomic mass is 9.94. The molecular weight excluding hydrogens is 298 g/mol. The van der Waals surface area contributed by atoms with Crippen LogP contribution in [0.2, 0.25) is 0 Å². The number of hydrogen-bond donors (Lipinski definition) is 0. The van der Waals surface area contributed by atoms with Gasteiger partial charge >= 0.3 is 0 Å². The Morgan fingerprint density at radius 2 is 1.62 bits per heavy atom. The number of rotatable bonds is 5. The number of carbonyl (C=O) groups excluding carboxylic acids is 1. The molecule has 3 rings (SSSR count). The van der Waals surface area contributed by atoms with Gasteiger partial charge in [-0.15, -0.1) is 0 Å². The van der Waals surface area contributed by atoms with Gasteiger partial charge in [-0.2, -0.15) is 5.06 Å². The zero-order valence-electron chi connectivity index (χ0n) is 14.5. The van der Waals surface area contributed by atoms with Gasteiger partial charge in [-0.05, 0) is 37.5 Å². The number of benzene rings is 2. The van der Waals surface area contributed by atoms with Gasteiger partial charge < -0.3 is 0 Å². The van der Waals surface area contributed by atoms with E-state index in [9.17, 15) is 4.79 Å². The van der Waals surface area contributed by atoms with E-state index in [1.54, 1.807) is 0 Å². The first-order valence-electron chi connectivity index (χ1n) is 8.35. The zero-order chi connectivity index (χ0) is 17.2. The van der Waals surface area contributed by atoms with Crippen molar-refractivity contribution in [3.05, 3.63) is 77.4 Å². The van der Waals surface area contributed by atoms with Crippen LogP contribution in [0.15, 0.2) is 60.7 Å². The Bertz CT molecular complexity index is 745. The summed E-state index contributed by atoms with van der Waals surface area (Å²) in [4.78, 5) is 18.6. The zero-order valence-corrected chi connectivity index (χ0v) is 14.5. The standard InChI is InChI=1S/C21H23NO2/c1-4-16-10-12-18(13-11-16)19-14-21(2,3)20(23)22(19)24-15-17-8-6-5-7-9-17/h5-14H,4,15H2,1-3H3. The maximum Gasteiger partial charge on any atom is 0.260 e. The molecule has 0 saturated carbocycles. The first-order valence-corrected chi connectivity index (χ1v) is 8.35. The molecule has 124 valence electrons. The van der Waals surface area contributed by atoms with Crippen LogP contribution in [0.4, 0.5) is 0 Å². The average Bonchev–Trinajstić information content (AvgIpc) is 2.84. The van der Waals surface area contributed by atoms with Gasteiger partial charge in [-0.3, -0.25) is 9.63 Å².